The normalized spacial score (nSPS) is 15.8. The highest BCUT2D eigenvalue weighted by atomic mass is 127. The minimum Gasteiger partial charge on any atom is -0.356 e. The molecule has 0 radical (unpaired) electrons. The summed E-state index contributed by atoms with van der Waals surface area (Å²) in [7, 11) is 0. The van der Waals surface area contributed by atoms with Gasteiger partial charge in [0.1, 0.15) is 0 Å². The summed E-state index contributed by atoms with van der Waals surface area (Å²) in [5, 5.41) is 6.61. The van der Waals surface area contributed by atoms with Gasteiger partial charge >= 0.3 is 0 Å². The van der Waals surface area contributed by atoms with Crippen LogP contribution in [0, 0.1) is 5.41 Å². The van der Waals surface area contributed by atoms with E-state index in [-0.39, 0.29) is 24.0 Å². The molecule has 3 nitrogen and oxygen atoms in total. The molecule has 1 rings (SSSR count). The maximum absolute atomic E-state index is 4.37. The van der Waals surface area contributed by atoms with Crippen LogP contribution in [0.4, 0.5) is 0 Å². The molecule has 1 heterocycles. The summed E-state index contributed by atoms with van der Waals surface area (Å²) >= 11 is 0. The van der Waals surface area contributed by atoms with E-state index in [0.29, 0.717) is 5.41 Å². The Bertz CT molecular complexity index is 209. The van der Waals surface area contributed by atoms with Gasteiger partial charge < -0.3 is 10.6 Å². The summed E-state index contributed by atoms with van der Waals surface area (Å²) in [6.07, 6.45) is 4.99. The van der Waals surface area contributed by atoms with E-state index in [2.05, 4.69) is 36.4 Å². The number of guanidine groups is 1. The summed E-state index contributed by atoms with van der Waals surface area (Å²) in [5.41, 5.74) is 0.473. The number of hydrogen-bond donors (Lipinski definition) is 2. The Kier molecular flexibility index (Phi) is 8.14. The highest BCUT2D eigenvalue weighted by Gasteiger charge is 2.09. The zero-order valence-corrected chi connectivity index (χ0v) is 13.1. The Balaban J connectivity index is 0.00000225. The zero-order chi connectivity index (χ0) is 11.1. The molecule has 0 aromatic rings. The number of nitrogens with zero attached hydrogens (tertiary/aromatic N) is 1. The first kappa shape index (κ1) is 16.0. The first-order chi connectivity index (χ1) is 7.08. The lowest BCUT2D eigenvalue weighted by Crippen LogP contribution is -2.41. The molecule has 1 aliphatic rings. The largest absolute Gasteiger partial charge is 0.356 e. The molecule has 96 valence electrons. The molecule has 0 saturated heterocycles. The van der Waals surface area contributed by atoms with Gasteiger partial charge in [-0.05, 0) is 24.7 Å². The lowest BCUT2D eigenvalue weighted by atomic mass is 9.90. The number of nitrogens with one attached hydrogen (secondary N) is 2. The Hall–Kier alpha value is 0. The van der Waals surface area contributed by atoms with Gasteiger partial charge in [-0.2, -0.15) is 0 Å². The van der Waals surface area contributed by atoms with Crippen molar-refractivity contribution in [2.75, 3.05) is 19.6 Å². The molecule has 0 bridgehead atoms. The molecule has 0 aliphatic carbocycles. The van der Waals surface area contributed by atoms with E-state index in [1.165, 1.54) is 19.3 Å². The Morgan fingerprint density at radius 1 is 1.31 bits per heavy atom. The second-order valence-corrected chi connectivity index (χ2v) is 5.46. The van der Waals surface area contributed by atoms with Crippen molar-refractivity contribution in [2.45, 2.75) is 46.5 Å². The van der Waals surface area contributed by atoms with Crippen LogP contribution in [0.2, 0.25) is 0 Å². The van der Waals surface area contributed by atoms with Crippen LogP contribution < -0.4 is 10.6 Å². The third-order valence-electron chi connectivity index (χ3n) is 2.54. The fraction of sp³-hybridized carbons (Fsp3) is 0.917. The van der Waals surface area contributed by atoms with E-state index >= 15 is 0 Å². The van der Waals surface area contributed by atoms with Gasteiger partial charge in [0.25, 0.3) is 0 Å². The van der Waals surface area contributed by atoms with Crippen LogP contribution in [0.3, 0.4) is 0 Å². The van der Waals surface area contributed by atoms with Crippen molar-refractivity contribution in [1.29, 1.82) is 0 Å². The second kappa shape index (κ2) is 8.14. The van der Waals surface area contributed by atoms with Crippen molar-refractivity contribution >= 4 is 29.9 Å². The number of hydrogen-bond acceptors (Lipinski definition) is 3. The molecule has 0 atom stereocenters. The molecule has 1 aliphatic heterocycles. The predicted molar refractivity (Wildman–Crippen MR) is 81.6 cm³/mol. The van der Waals surface area contributed by atoms with E-state index in [0.717, 1.165) is 32.0 Å². The number of rotatable bonds is 4. The smallest absolute Gasteiger partial charge is 0.191 e. The Morgan fingerprint density at radius 2 is 2.06 bits per heavy atom. The van der Waals surface area contributed by atoms with Gasteiger partial charge in [-0.15, -0.1) is 24.0 Å². The van der Waals surface area contributed by atoms with E-state index in [1.54, 1.807) is 0 Å². The van der Waals surface area contributed by atoms with Crippen molar-refractivity contribution in [3.05, 3.63) is 0 Å². The third kappa shape index (κ3) is 8.19. The highest BCUT2D eigenvalue weighted by Crippen LogP contribution is 2.21. The number of unbranched alkanes of at least 4 members (excludes halogenated alkanes) is 1. The van der Waals surface area contributed by atoms with Gasteiger partial charge in [0.15, 0.2) is 5.96 Å². The van der Waals surface area contributed by atoms with Gasteiger partial charge in [0, 0.05) is 19.6 Å². The summed E-state index contributed by atoms with van der Waals surface area (Å²) in [5.74, 6) is 0.997. The predicted octanol–water partition coefficient (Wildman–Crippen LogP) is 2.76. The molecule has 4 heteroatoms. The van der Waals surface area contributed by atoms with Crippen molar-refractivity contribution < 1.29 is 0 Å². The fourth-order valence-corrected chi connectivity index (χ4v) is 1.64. The Labute approximate surface area is 117 Å². The van der Waals surface area contributed by atoms with Crippen molar-refractivity contribution in [3.8, 4) is 0 Å². The van der Waals surface area contributed by atoms with E-state index in [9.17, 15) is 0 Å². The van der Waals surface area contributed by atoms with Crippen molar-refractivity contribution in [2.24, 2.45) is 10.4 Å². The summed E-state index contributed by atoms with van der Waals surface area (Å²) in [4.78, 5) is 4.37. The van der Waals surface area contributed by atoms with E-state index < -0.39 is 0 Å². The van der Waals surface area contributed by atoms with Crippen LogP contribution in [0.15, 0.2) is 4.99 Å². The fourth-order valence-electron chi connectivity index (χ4n) is 1.64. The average Bonchev–Trinajstić information content (AvgIpc) is 2.17. The molecule has 0 unspecified atom stereocenters. The lowest BCUT2D eigenvalue weighted by molar-refractivity contribution is 0.360. The van der Waals surface area contributed by atoms with Crippen LogP contribution in [-0.4, -0.2) is 25.6 Å². The number of halogens is 1. The maximum atomic E-state index is 4.37. The molecule has 0 fully saturated rings. The summed E-state index contributed by atoms with van der Waals surface area (Å²) in [6.45, 7) is 9.97. The minimum atomic E-state index is 0. The molecular formula is C12H26IN3. The second-order valence-electron chi connectivity index (χ2n) is 5.46. The zero-order valence-electron chi connectivity index (χ0n) is 10.8. The molecule has 0 aromatic carbocycles. The molecule has 2 N–H and O–H groups in total. The molecule has 0 amide bonds. The quantitative estimate of drug-likeness (QED) is 0.610. The SMILES string of the molecule is CC(C)(C)CCCCNC1=NCCCN1.I. The average molecular weight is 339 g/mol. The van der Waals surface area contributed by atoms with Crippen LogP contribution >= 0.6 is 24.0 Å². The van der Waals surface area contributed by atoms with Crippen LogP contribution in [0.25, 0.3) is 0 Å². The summed E-state index contributed by atoms with van der Waals surface area (Å²) < 4.78 is 0. The van der Waals surface area contributed by atoms with E-state index in [4.69, 9.17) is 0 Å². The van der Waals surface area contributed by atoms with Crippen LogP contribution in [0.1, 0.15) is 46.5 Å². The van der Waals surface area contributed by atoms with Gasteiger partial charge in [-0.25, -0.2) is 0 Å². The Morgan fingerprint density at radius 3 is 2.62 bits per heavy atom. The van der Waals surface area contributed by atoms with Gasteiger partial charge in [-0.1, -0.05) is 27.2 Å². The van der Waals surface area contributed by atoms with Crippen molar-refractivity contribution in [1.82, 2.24) is 10.6 Å². The standard InChI is InChI=1S/C12H25N3.HI/c1-12(2,3)7-4-5-8-13-11-14-9-6-10-15-11;/h4-10H2,1-3H3,(H2,13,14,15);1H. The third-order valence-corrected chi connectivity index (χ3v) is 2.54. The topological polar surface area (TPSA) is 36.4 Å². The van der Waals surface area contributed by atoms with Gasteiger partial charge in [0.05, 0.1) is 0 Å². The molecule has 0 saturated carbocycles. The number of aliphatic imine (C=N–C) groups is 1. The highest BCUT2D eigenvalue weighted by molar-refractivity contribution is 14.0. The summed E-state index contributed by atoms with van der Waals surface area (Å²) in [6, 6.07) is 0. The van der Waals surface area contributed by atoms with Crippen LogP contribution in [0.5, 0.6) is 0 Å². The first-order valence-corrected chi connectivity index (χ1v) is 6.10. The van der Waals surface area contributed by atoms with Crippen LogP contribution in [-0.2, 0) is 0 Å². The minimum absolute atomic E-state index is 0. The van der Waals surface area contributed by atoms with E-state index in [1.807, 2.05) is 0 Å². The van der Waals surface area contributed by atoms with Gasteiger partial charge in [0.2, 0.25) is 0 Å². The molecular weight excluding hydrogens is 313 g/mol. The first-order valence-electron chi connectivity index (χ1n) is 6.10. The molecule has 0 aromatic heterocycles. The van der Waals surface area contributed by atoms with Gasteiger partial charge in [-0.3, -0.25) is 4.99 Å². The van der Waals surface area contributed by atoms with Crippen molar-refractivity contribution in [3.63, 3.8) is 0 Å². The lowest BCUT2D eigenvalue weighted by Gasteiger charge is -2.18. The monoisotopic (exact) mass is 339 g/mol. The maximum Gasteiger partial charge on any atom is 0.191 e. The molecule has 16 heavy (non-hydrogen) atoms. The molecule has 0 spiro atoms.